The summed E-state index contributed by atoms with van der Waals surface area (Å²) >= 11 is 1.56. The summed E-state index contributed by atoms with van der Waals surface area (Å²) in [6.07, 6.45) is 0. The van der Waals surface area contributed by atoms with Gasteiger partial charge in [-0.05, 0) is 13.0 Å². The lowest BCUT2D eigenvalue weighted by Crippen LogP contribution is -1.91. The van der Waals surface area contributed by atoms with Crippen LogP contribution in [0.5, 0.6) is 0 Å². The van der Waals surface area contributed by atoms with Crippen LogP contribution in [0.15, 0.2) is 54.6 Å². The fraction of sp³-hybridized carbons (Fsp3) is 0.0556. The molecule has 0 fully saturated rings. The third kappa shape index (κ3) is 1.90. The first-order chi connectivity index (χ1) is 11.8. The molecule has 0 bridgehead atoms. The van der Waals surface area contributed by atoms with Crippen LogP contribution in [0.2, 0.25) is 0 Å². The summed E-state index contributed by atoms with van der Waals surface area (Å²) in [5.74, 6) is 0.769. The van der Waals surface area contributed by atoms with Crippen LogP contribution in [0, 0.1) is 6.92 Å². The highest BCUT2D eigenvalue weighted by molar-refractivity contribution is 7.20. The second kappa shape index (κ2) is 5.01. The molecule has 116 valence electrons. The van der Waals surface area contributed by atoms with Crippen molar-refractivity contribution in [1.29, 1.82) is 0 Å². The molecule has 5 rings (SSSR count). The van der Waals surface area contributed by atoms with Gasteiger partial charge in [0.25, 0.3) is 0 Å². The SMILES string of the molecule is Cc1[nH]c2ccccc2c1-c1nn2c(-c3ccccc3)nnc2s1. The number of fused-ring (bicyclic) bond motifs is 2. The Morgan fingerprint density at radius 2 is 1.75 bits per heavy atom. The van der Waals surface area contributed by atoms with Crippen LogP contribution >= 0.6 is 11.3 Å². The van der Waals surface area contributed by atoms with E-state index in [1.165, 1.54) is 5.39 Å². The molecule has 1 N–H and O–H groups in total. The standard InChI is InChI=1S/C18H13N5S/c1-11-15(13-9-5-6-10-14(13)19-11)17-22-23-16(20-21-18(23)24-17)12-7-3-2-4-8-12/h2-10,19H,1H3. The number of nitrogens with zero attached hydrogens (tertiary/aromatic N) is 4. The largest absolute Gasteiger partial charge is 0.358 e. The van der Waals surface area contributed by atoms with Crippen molar-refractivity contribution in [3.63, 3.8) is 0 Å². The second-order valence-corrected chi connectivity index (χ2v) is 6.62. The number of aromatic amines is 1. The van der Waals surface area contributed by atoms with Crippen LogP contribution in [0.4, 0.5) is 0 Å². The minimum absolute atomic E-state index is 0.769. The van der Waals surface area contributed by atoms with E-state index in [9.17, 15) is 0 Å². The first kappa shape index (κ1) is 13.4. The normalized spacial score (nSPS) is 11.5. The van der Waals surface area contributed by atoms with Crippen molar-refractivity contribution in [1.82, 2.24) is 24.8 Å². The van der Waals surface area contributed by atoms with E-state index < -0.39 is 0 Å². The lowest BCUT2D eigenvalue weighted by atomic mass is 10.1. The zero-order valence-corrected chi connectivity index (χ0v) is 13.7. The fourth-order valence-corrected chi connectivity index (χ4v) is 3.99. The fourth-order valence-electron chi connectivity index (χ4n) is 3.04. The van der Waals surface area contributed by atoms with Gasteiger partial charge in [-0.1, -0.05) is 59.9 Å². The van der Waals surface area contributed by atoms with E-state index >= 15 is 0 Å². The molecular weight excluding hydrogens is 318 g/mol. The average Bonchev–Trinajstić information content (AvgIpc) is 3.26. The Balaban J connectivity index is 1.74. The average molecular weight is 331 g/mol. The highest BCUT2D eigenvalue weighted by Crippen LogP contribution is 2.35. The summed E-state index contributed by atoms with van der Waals surface area (Å²) in [6, 6.07) is 18.3. The lowest BCUT2D eigenvalue weighted by Gasteiger charge is -1.97. The summed E-state index contributed by atoms with van der Waals surface area (Å²) in [5.41, 5.74) is 4.39. The molecule has 0 saturated heterocycles. The van der Waals surface area contributed by atoms with Crippen LogP contribution in [0.1, 0.15) is 5.69 Å². The van der Waals surface area contributed by atoms with Crippen molar-refractivity contribution in [2.24, 2.45) is 0 Å². The van der Waals surface area contributed by atoms with Crippen molar-refractivity contribution in [2.45, 2.75) is 6.92 Å². The van der Waals surface area contributed by atoms with Crippen LogP contribution < -0.4 is 0 Å². The van der Waals surface area contributed by atoms with E-state index in [-0.39, 0.29) is 0 Å². The summed E-state index contributed by atoms with van der Waals surface area (Å²) in [5, 5.41) is 15.5. The summed E-state index contributed by atoms with van der Waals surface area (Å²) in [7, 11) is 0. The molecular formula is C18H13N5S. The van der Waals surface area contributed by atoms with E-state index in [1.807, 2.05) is 40.9 Å². The molecule has 0 amide bonds. The zero-order chi connectivity index (χ0) is 16.1. The van der Waals surface area contributed by atoms with Gasteiger partial charge in [0.1, 0.15) is 5.01 Å². The smallest absolute Gasteiger partial charge is 0.235 e. The van der Waals surface area contributed by atoms with Crippen molar-refractivity contribution in [2.75, 3.05) is 0 Å². The Hall–Kier alpha value is -2.99. The number of hydrogen-bond donors (Lipinski definition) is 1. The molecule has 0 aliphatic heterocycles. The molecule has 5 aromatic rings. The van der Waals surface area contributed by atoms with Gasteiger partial charge in [-0.2, -0.15) is 9.61 Å². The zero-order valence-electron chi connectivity index (χ0n) is 12.9. The van der Waals surface area contributed by atoms with Crippen molar-refractivity contribution >= 4 is 27.2 Å². The molecule has 0 atom stereocenters. The van der Waals surface area contributed by atoms with Gasteiger partial charge in [0.2, 0.25) is 4.96 Å². The number of nitrogens with one attached hydrogen (secondary N) is 1. The minimum Gasteiger partial charge on any atom is -0.358 e. The van der Waals surface area contributed by atoms with Crippen LogP contribution in [0.25, 0.3) is 37.8 Å². The molecule has 0 unspecified atom stereocenters. The van der Waals surface area contributed by atoms with Crippen molar-refractivity contribution in [3.05, 3.63) is 60.3 Å². The monoisotopic (exact) mass is 331 g/mol. The molecule has 3 heterocycles. The third-order valence-corrected chi connectivity index (χ3v) is 5.05. The van der Waals surface area contributed by atoms with Crippen LogP contribution in [-0.4, -0.2) is 24.8 Å². The molecule has 3 aromatic heterocycles. The van der Waals surface area contributed by atoms with Gasteiger partial charge >= 0.3 is 0 Å². The number of benzene rings is 2. The van der Waals surface area contributed by atoms with Gasteiger partial charge in [-0.3, -0.25) is 0 Å². The van der Waals surface area contributed by atoms with Gasteiger partial charge in [-0.25, -0.2) is 0 Å². The molecule has 5 nitrogen and oxygen atoms in total. The predicted octanol–water partition coefficient (Wildman–Crippen LogP) is 4.31. The number of rotatable bonds is 2. The van der Waals surface area contributed by atoms with Gasteiger partial charge in [0, 0.05) is 27.7 Å². The van der Waals surface area contributed by atoms with E-state index in [1.54, 1.807) is 11.3 Å². The Morgan fingerprint density at radius 1 is 0.958 bits per heavy atom. The Kier molecular flexibility index (Phi) is 2.80. The minimum atomic E-state index is 0.769. The molecule has 24 heavy (non-hydrogen) atoms. The van der Waals surface area contributed by atoms with Crippen molar-refractivity contribution in [3.8, 4) is 22.0 Å². The number of H-pyrrole nitrogens is 1. The number of aryl methyl sites for hydroxylation is 1. The molecule has 2 aromatic carbocycles. The Bertz CT molecular complexity index is 1170. The van der Waals surface area contributed by atoms with E-state index in [0.29, 0.717) is 0 Å². The number of para-hydroxylation sites is 1. The topological polar surface area (TPSA) is 58.9 Å². The molecule has 0 saturated carbocycles. The molecule has 0 radical (unpaired) electrons. The first-order valence-corrected chi connectivity index (χ1v) is 8.48. The molecule has 0 aliphatic carbocycles. The summed E-state index contributed by atoms with van der Waals surface area (Å²) < 4.78 is 1.83. The van der Waals surface area contributed by atoms with Crippen LogP contribution in [-0.2, 0) is 0 Å². The van der Waals surface area contributed by atoms with Crippen molar-refractivity contribution < 1.29 is 0 Å². The molecule has 0 spiro atoms. The summed E-state index contributed by atoms with van der Waals surface area (Å²) in [6.45, 7) is 2.08. The molecule has 0 aliphatic rings. The van der Waals surface area contributed by atoms with E-state index in [4.69, 9.17) is 5.10 Å². The number of aromatic nitrogens is 5. The van der Waals surface area contributed by atoms with Gasteiger partial charge in [0.05, 0.1) is 0 Å². The number of hydrogen-bond acceptors (Lipinski definition) is 4. The van der Waals surface area contributed by atoms with Gasteiger partial charge < -0.3 is 4.98 Å². The maximum absolute atomic E-state index is 4.79. The Labute approximate surface area is 141 Å². The Morgan fingerprint density at radius 3 is 2.62 bits per heavy atom. The van der Waals surface area contributed by atoms with E-state index in [0.717, 1.165) is 38.1 Å². The van der Waals surface area contributed by atoms with E-state index in [2.05, 4.69) is 40.3 Å². The van der Waals surface area contributed by atoms with Gasteiger partial charge in [-0.15, -0.1) is 10.2 Å². The lowest BCUT2D eigenvalue weighted by molar-refractivity contribution is 0.970. The highest BCUT2D eigenvalue weighted by atomic mass is 32.1. The maximum Gasteiger partial charge on any atom is 0.235 e. The first-order valence-electron chi connectivity index (χ1n) is 7.66. The quantitative estimate of drug-likeness (QED) is 0.524. The van der Waals surface area contributed by atoms with Gasteiger partial charge in [0.15, 0.2) is 5.82 Å². The summed E-state index contributed by atoms with van der Waals surface area (Å²) in [4.78, 5) is 4.23. The third-order valence-electron chi connectivity index (χ3n) is 4.13. The maximum atomic E-state index is 4.79. The predicted molar refractivity (Wildman–Crippen MR) is 96.1 cm³/mol. The highest BCUT2D eigenvalue weighted by Gasteiger charge is 2.18. The molecule has 6 heteroatoms. The second-order valence-electron chi connectivity index (χ2n) is 5.66. The van der Waals surface area contributed by atoms with Crippen LogP contribution in [0.3, 0.4) is 0 Å².